The normalized spacial score (nSPS) is 14.2. The lowest BCUT2D eigenvalue weighted by atomic mass is 10.0. The van der Waals surface area contributed by atoms with Crippen LogP contribution in [0.25, 0.3) is 23.3 Å². The Hall–Kier alpha value is -2.81. The van der Waals surface area contributed by atoms with Gasteiger partial charge >= 0.3 is 0 Å². The van der Waals surface area contributed by atoms with Crippen molar-refractivity contribution in [1.82, 2.24) is 0 Å². The van der Waals surface area contributed by atoms with Crippen LogP contribution in [-0.4, -0.2) is 10.4 Å². The van der Waals surface area contributed by atoms with Crippen molar-refractivity contribution in [2.75, 3.05) is 0 Å². The average Bonchev–Trinajstić information content (AvgIpc) is 2.73. The maximum atomic E-state index is 11.7. The minimum atomic E-state index is -1.23. The van der Waals surface area contributed by atoms with Crippen LogP contribution in [-0.2, 0) is 0 Å². The lowest BCUT2D eigenvalue weighted by Gasteiger charge is -2.19. The predicted octanol–water partition coefficient (Wildman–Crippen LogP) is 3.40. The fourth-order valence-electron chi connectivity index (χ4n) is 2.83. The molecule has 0 aliphatic heterocycles. The van der Waals surface area contributed by atoms with Crippen LogP contribution in [0.3, 0.4) is 0 Å². The highest BCUT2D eigenvalue weighted by Crippen LogP contribution is 2.28. The number of rotatable bonds is 6. The molecule has 0 aliphatic rings. The van der Waals surface area contributed by atoms with Crippen molar-refractivity contribution in [3.05, 3.63) is 105 Å². The second kappa shape index (κ2) is 9.60. The Morgan fingerprint density at radius 1 is 0.759 bits per heavy atom. The van der Waals surface area contributed by atoms with E-state index in [0.29, 0.717) is 16.2 Å². The molecule has 3 aromatic carbocycles. The summed E-state index contributed by atoms with van der Waals surface area (Å²) < 4.78 is 0. The largest absolute Gasteiger partial charge is 0.595 e. The van der Waals surface area contributed by atoms with Crippen LogP contribution in [0.4, 0.5) is 11.4 Å². The highest BCUT2D eigenvalue weighted by Gasteiger charge is 2.17. The van der Waals surface area contributed by atoms with Gasteiger partial charge < -0.3 is 10.4 Å². The molecule has 0 saturated heterocycles. The molecule has 0 bridgehead atoms. The maximum Gasteiger partial charge on any atom is 0.177 e. The van der Waals surface area contributed by atoms with Crippen LogP contribution in [0.2, 0.25) is 0 Å². The smallest absolute Gasteiger partial charge is 0.177 e. The first-order chi connectivity index (χ1) is 14.0. The first-order valence-electron chi connectivity index (χ1n) is 8.76. The first kappa shape index (κ1) is 20.9. The second-order valence-electron chi connectivity index (χ2n) is 6.24. The molecular formula is C22H19ClN2O4. The lowest BCUT2D eigenvalue weighted by Crippen LogP contribution is -3.01. The molecule has 4 N–H and O–H groups in total. The third-order valence-corrected chi connectivity index (χ3v) is 4.60. The molecule has 0 spiro atoms. The van der Waals surface area contributed by atoms with Crippen molar-refractivity contribution in [2.45, 2.75) is 0 Å². The molecule has 2 atom stereocenters. The van der Waals surface area contributed by atoms with Crippen LogP contribution >= 0.6 is 11.6 Å². The van der Waals surface area contributed by atoms with Crippen molar-refractivity contribution >= 4 is 46.2 Å². The summed E-state index contributed by atoms with van der Waals surface area (Å²) in [6.45, 7) is 0. The van der Waals surface area contributed by atoms with Crippen molar-refractivity contribution in [3.8, 4) is 0 Å². The summed E-state index contributed by atoms with van der Waals surface area (Å²) in [6.07, 6.45) is 4.96. The maximum absolute atomic E-state index is 11.7. The van der Waals surface area contributed by atoms with Gasteiger partial charge in [0.05, 0.1) is 6.07 Å². The third-order valence-electron chi connectivity index (χ3n) is 4.27. The Balaban J connectivity index is 2.10. The molecule has 2 unspecified atom stereocenters. The topological polar surface area (TPSA) is 95.5 Å². The molecule has 0 heterocycles. The predicted molar refractivity (Wildman–Crippen MR) is 114 cm³/mol. The van der Waals surface area contributed by atoms with Gasteiger partial charge in [0.25, 0.3) is 0 Å². The summed E-state index contributed by atoms with van der Waals surface area (Å²) >= 11 is 6.38. The van der Waals surface area contributed by atoms with E-state index in [1.165, 1.54) is 12.1 Å². The van der Waals surface area contributed by atoms with Gasteiger partial charge in [-0.25, -0.2) is 10.4 Å². The third kappa shape index (κ3) is 5.38. The molecule has 0 saturated carbocycles. The average molecular weight is 411 g/mol. The minimum absolute atomic E-state index is 0.0948. The zero-order valence-electron chi connectivity index (χ0n) is 15.2. The van der Waals surface area contributed by atoms with E-state index < -0.39 is 10.5 Å². The number of benzene rings is 3. The van der Waals surface area contributed by atoms with Gasteiger partial charge in [-0.1, -0.05) is 78.3 Å². The van der Waals surface area contributed by atoms with Crippen LogP contribution in [0.5, 0.6) is 0 Å². The van der Waals surface area contributed by atoms with Crippen molar-refractivity contribution in [1.29, 1.82) is 0 Å². The van der Waals surface area contributed by atoms with Gasteiger partial charge in [-0.05, 0) is 29.3 Å². The summed E-state index contributed by atoms with van der Waals surface area (Å²) in [7, 11) is 0. The fraction of sp³-hybridized carbons (Fsp3) is 0. The molecule has 3 aromatic rings. The highest BCUT2D eigenvalue weighted by atomic mass is 35.5. The number of halogens is 1. The number of hydrogen-bond acceptors (Lipinski definition) is 4. The van der Waals surface area contributed by atoms with E-state index in [9.17, 15) is 20.8 Å². The van der Waals surface area contributed by atoms with Crippen molar-refractivity contribution in [3.63, 3.8) is 0 Å². The van der Waals surface area contributed by atoms with E-state index in [2.05, 4.69) is 0 Å². The van der Waals surface area contributed by atoms with Crippen LogP contribution in [0, 0.1) is 10.4 Å². The van der Waals surface area contributed by atoms with E-state index in [4.69, 9.17) is 11.6 Å². The zero-order valence-corrected chi connectivity index (χ0v) is 16.0. The Labute approximate surface area is 172 Å². The summed E-state index contributed by atoms with van der Waals surface area (Å²) in [6, 6.07) is 21.2. The molecule has 7 heteroatoms. The SMILES string of the molecule is [O-][NH+](O)c1cc([NH+]([O-])O)c(C=C(Cl)c2ccccc2)cc1C=Cc1ccccc1. The molecule has 0 fully saturated rings. The van der Waals surface area contributed by atoms with Crippen molar-refractivity contribution < 1.29 is 20.9 Å². The zero-order chi connectivity index (χ0) is 20.8. The van der Waals surface area contributed by atoms with Gasteiger partial charge in [-0.2, -0.15) is 10.5 Å². The lowest BCUT2D eigenvalue weighted by molar-refractivity contribution is -0.996. The summed E-state index contributed by atoms with van der Waals surface area (Å²) in [4.78, 5) is 0. The Morgan fingerprint density at radius 2 is 1.31 bits per heavy atom. The van der Waals surface area contributed by atoms with Crippen LogP contribution in [0.1, 0.15) is 22.3 Å². The molecule has 148 valence electrons. The second-order valence-corrected chi connectivity index (χ2v) is 6.65. The molecule has 0 amide bonds. The van der Waals surface area contributed by atoms with Gasteiger partial charge in [0, 0.05) is 16.2 Å². The van der Waals surface area contributed by atoms with Gasteiger partial charge in [0.2, 0.25) is 0 Å². The van der Waals surface area contributed by atoms with E-state index in [-0.39, 0.29) is 11.4 Å². The standard InChI is InChI=1S/C22H19ClN2O4/c23-20(17-9-5-2-6-10-17)14-19-13-18(12-11-16-7-3-1-4-8-16)21(24(26)27)15-22(19)25(28)29/h1-15,24-26,28H. The molecule has 3 rings (SSSR count). The van der Waals surface area contributed by atoms with E-state index in [1.54, 1.807) is 24.3 Å². The van der Waals surface area contributed by atoms with Gasteiger partial charge in [0.1, 0.15) is 0 Å². The van der Waals surface area contributed by atoms with Gasteiger partial charge in [-0.3, -0.25) is 0 Å². The van der Waals surface area contributed by atoms with E-state index in [0.717, 1.165) is 17.2 Å². The summed E-state index contributed by atoms with van der Waals surface area (Å²) in [5.41, 5.74) is 2.11. The number of nitrogens with one attached hydrogen (secondary N) is 2. The Morgan fingerprint density at radius 3 is 1.90 bits per heavy atom. The van der Waals surface area contributed by atoms with Gasteiger partial charge in [0.15, 0.2) is 11.4 Å². The minimum Gasteiger partial charge on any atom is -0.595 e. The number of hydrogen-bond donors (Lipinski definition) is 4. The molecule has 29 heavy (non-hydrogen) atoms. The molecule has 6 nitrogen and oxygen atoms in total. The fourth-order valence-corrected chi connectivity index (χ4v) is 3.07. The Kier molecular flexibility index (Phi) is 6.92. The van der Waals surface area contributed by atoms with Crippen LogP contribution < -0.4 is 10.5 Å². The summed E-state index contributed by atoms with van der Waals surface area (Å²) in [5.74, 6) is 0. The highest BCUT2D eigenvalue weighted by molar-refractivity contribution is 6.51. The Bertz CT molecular complexity index is 1020. The first-order valence-corrected chi connectivity index (χ1v) is 9.14. The quantitative estimate of drug-likeness (QED) is 0.370. The van der Waals surface area contributed by atoms with Crippen molar-refractivity contribution in [2.24, 2.45) is 0 Å². The number of quaternary nitrogens is 2. The molecule has 0 radical (unpaired) electrons. The molecular weight excluding hydrogens is 392 g/mol. The molecule has 0 aliphatic carbocycles. The molecule has 0 aromatic heterocycles. The van der Waals surface area contributed by atoms with Gasteiger partial charge in [-0.15, -0.1) is 0 Å². The summed E-state index contributed by atoms with van der Waals surface area (Å²) in [5, 5.41) is 40.5. The van der Waals surface area contributed by atoms with E-state index >= 15 is 0 Å². The monoisotopic (exact) mass is 410 g/mol. The van der Waals surface area contributed by atoms with E-state index in [1.807, 2.05) is 48.5 Å². The van der Waals surface area contributed by atoms with Crippen LogP contribution in [0.15, 0.2) is 72.8 Å².